The van der Waals surface area contributed by atoms with Gasteiger partial charge in [0.1, 0.15) is 16.5 Å². The molecule has 2 N–H and O–H groups in total. The van der Waals surface area contributed by atoms with E-state index >= 15 is 0 Å². The van der Waals surface area contributed by atoms with E-state index in [4.69, 9.17) is 0 Å². The Kier molecular flexibility index (Phi) is 5.39. The summed E-state index contributed by atoms with van der Waals surface area (Å²) in [6.45, 7) is 0. The second kappa shape index (κ2) is 8.12. The van der Waals surface area contributed by atoms with Crippen LogP contribution in [0.5, 0.6) is 0 Å². The molecular formula is C20H20N4O4S. The average molecular weight is 412 g/mol. The largest absolute Gasteiger partial charge is 0.469 e. The van der Waals surface area contributed by atoms with Gasteiger partial charge in [0.05, 0.1) is 24.6 Å². The van der Waals surface area contributed by atoms with E-state index in [-0.39, 0.29) is 24.3 Å². The maximum atomic E-state index is 12.5. The predicted octanol–water partition coefficient (Wildman–Crippen LogP) is 2.16. The second-order valence-electron chi connectivity index (χ2n) is 6.87. The Morgan fingerprint density at radius 1 is 1.28 bits per heavy atom. The van der Waals surface area contributed by atoms with Crippen molar-refractivity contribution in [1.29, 1.82) is 0 Å². The van der Waals surface area contributed by atoms with Crippen LogP contribution in [-0.2, 0) is 40.0 Å². The Balaban J connectivity index is 1.40. The molecule has 0 saturated heterocycles. The van der Waals surface area contributed by atoms with Crippen molar-refractivity contribution in [3.8, 4) is 0 Å². The predicted molar refractivity (Wildman–Crippen MR) is 109 cm³/mol. The summed E-state index contributed by atoms with van der Waals surface area (Å²) in [7, 11) is 1.31. The van der Waals surface area contributed by atoms with Crippen molar-refractivity contribution < 1.29 is 14.3 Å². The number of aryl methyl sites for hydroxylation is 3. The first kappa shape index (κ1) is 19.3. The average Bonchev–Trinajstić information content (AvgIpc) is 3.27. The van der Waals surface area contributed by atoms with Crippen LogP contribution in [0.1, 0.15) is 34.8 Å². The molecule has 1 aliphatic carbocycles. The Bertz CT molecular complexity index is 1150. The first-order valence-corrected chi connectivity index (χ1v) is 10.2. The number of esters is 1. The minimum absolute atomic E-state index is 0.0379. The Labute approximate surface area is 170 Å². The van der Waals surface area contributed by atoms with Crippen LogP contribution < -0.4 is 10.9 Å². The number of thiophene rings is 1. The van der Waals surface area contributed by atoms with Gasteiger partial charge in [-0.1, -0.05) is 6.07 Å². The number of H-pyrrole nitrogens is 1. The molecule has 0 fully saturated rings. The molecule has 0 aliphatic heterocycles. The summed E-state index contributed by atoms with van der Waals surface area (Å²) in [5.41, 5.74) is 1.53. The zero-order valence-electron chi connectivity index (χ0n) is 15.9. The van der Waals surface area contributed by atoms with E-state index in [0.29, 0.717) is 29.1 Å². The van der Waals surface area contributed by atoms with E-state index in [0.717, 1.165) is 29.7 Å². The van der Waals surface area contributed by atoms with Crippen LogP contribution in [0.2, 0.25) is 0 Å². The van der Waals surface area contributed by atoms with Crippen LogP contribution >= 0.6 is 11.3 Å². The monoisotopic (exact) mass is 412 g/mol. The minimum atomic E-state index is -0.397. The lowest BCUT2D eigenvalue weighted by Gasteiger charge is -2.06. The lowest BCUT2D eigenvalue weighted by atomic mass is 10.2. The van der Waals surface area contributed by atoms with Crippen LogP contribution in [-0.4, -0.2) is 33.9 Å². The zero-order valence-corrected chi connectivity index (χ0v) is 16.7. The highest BCUT2D eigenvalue weighted by Crippen LogP contribution is 2.34. The van der Waals surface area contributed by atoms with Crippen LogP contribution in [0.15, 0.2) is 23.0 Å². The van der Waals surface area contributed by atoms with Crippen LogP contribution in [0.4, 0.5) is 5.82 Å². The Morgan fingerprint density at radius 3 is 2.97 bits per heavy atom. The van der Waals surface area contributed by atoms with E-state index in [2.05, 4.69) is 25.0 Å². The lowest BCUT2D eigenvalue weighted by Crippen LogP contribution is -2.17. The van der Waals surface area contributed by atoms with Gasteiger partial charge >= 0.3 is 5.97 Å². The Morgan fingerprint density at radius 2 is 2.14 bits per heavy atom. The number of nitrogens with one attached hydrogen (secondary N) is 2. The summed E-state index contributed by atoms with van der Waals surface area (Å²) in [5.74, 6) is 0.225. The minimum Gasteiger partial charge on any atom is -0.469 e. The van der Waals surface area contributed by atoms with Crippen molar-refractivity contribution in [2.45, 2.75) is 38.5 Å². The third-order valence-corrected chi connectivity index (χ3v) is 6.03. The molecular weight excluding hydrogens is 392 g/mol. The smallest absolute Gasteiger partial charge is 0.311 e. The Hall–Kier alpha value is -3.07. The molecule has 0 radical (unpaired) electrons. The van der Waals surface area contributed by atoms with Gasteiger partial charge in [-0.25, -0.2) is 9.97 Å². The summed E-state index contributed by atoms with van der Waals surface area (Å²) < 4.78 is 4.62. The van der Waals surface area contributed by atoms with Gasteiger partial charge in [0.2, 0.25) is 5.91 Å². The van der Waals surface area contributed by atoms with Gasteiger partial charge in [0.15, 0.2) is 0 Å². The molecule has 0 saturated carbocycles. The summed E-state index contributed by atoms with van der Waals surface area (Å²) >= 11 is 1.58. The number of anilines is 1. The fourth-order valence-electron chi connectivity index (χ4n) is 3.47. The van der Waals surface area contributed by atoms with Crippen molar-refractivity contribution in [1.82, 2.24) is 15.0 Å². The van der Waals surface area contributed by atoms with Crippen molar-refractivity contribution in [2.24, 2.45) is 0 Å². The van der Waals surface area contributed by atoms with Crippen LogP contribution in [0.3, 0.4) is 0 Å². The van der Waals surface area contributed by atoms with Crippen molar-refractivity contribution in [2.75, 3.05) is 12.4 Å². The molecule has 9 heteroatoms. The molecule has 0 bridgehead atoms. The fraction of sp³-hybridized carbons (Fsp3) is 0.350. The number of carbonyl (C=O) groups excluding carboxylic acids is 2. The normalized spacial score (nSPS) is 12.7. The second-order valence-corrected chi connectivity index (χ2v) is 7.95. The highest BCUT2D eigenvalue weighted by atomic mass is 32.1. The number of aromatic amines is 1. The molecule has 0 atom stereocenters. The number of hydrogen-bond donors (Lipinski definition) is 2. The third kappa shape index (κ3) is 4.19. The van der Waals surface area contributed by atoms with Gasteiger partial charge in [-0.05, 0) is 37.0 Å². The molecule has 150 valence electrons. The molecule has 0 unspecified atom stereocenters. The van der Waals surface area contributed by atoms with Gasteiger partial charge in [-0.2, -0.15) is 0 Å². The number of hydrogen-bond acceptors (Lipinski definition) is 7. The van der Waals surface area contributed by atoms with Gasteiger partial charge in [0.25, 0.3) is 5.56 Å². The molecule has 3 aromatic heterocycles. The highest BCUT2D eigenvalue weighted by Gasteiger charge is 2.21. The van der Waals surface area contributed by atoms with Crippen molar-refractivity contribution in [3.63, 3.8) is 0 Å². The number of ether oxygens (including phenoxy) is 1. The van der Waals surface area contributed by atoms with E-state index in [1.54, 1.807) is 29.5 Å². The summed E-state index contributed by atoms with van der Waals surface area (Å²) in [6, 6.07) is 5.05. The van der Waals surface area contributed by atoms with Gasteiger partial charge in [-0.15, -0.1) is 11.3 Å². The maximum Gasteiger partial charge on any atom is 0.311 e. The molecule has 3 heterocycles. The lowest BCUT2D eigenvalue weighted by molar-refractivity contribution is -0.139. The third-order valence-electron chi connectivity index (χ3n) is 4.84. The van der Waals surface area contributed by atoms with E-state index in [1.165, 1.54) is 12.0 Å². The number of fused-ring (bicyclic) bond motifs is 3. The molecule has 29 heavy (non-hydrogen) atoms. The fourth-order valence-corrected chi connectivity index (χ4v) is 4.75. The number of carbonyl (C=O) groups is 2. The highest BCUT2D eigenvalue weighted by molar-refractivity contribution is 7.18. The molecule has 0 spiro atoms. The molecule has 1 aliphatic rings. The summed E-state index contributed by atoms with van der Waals surface area (Å²) in [6.07, 6.45) is 3.55. The van der Waals surface area contributed by atoms with Gasteiger partial charge < -0.3 is 15.0 Å². The molecule has 4 rings (SSSR count). The van der Waals surface area contributed by atoms with E-state index in [1.807, 2.05) is 0 Å². The molecule has 3 aromatic rings. The van der Waals surface area contributed by atoms with Crippen molar-refractivity contribution >= 4 is 39.2 Å². The standard InChI is InChI=1S/C20H20N4O4S/c1-28-17(26)10-11-4-2-7-14(21-11)22-16(25)9-8-15-23-19(27)18-12-5-3-6-13(12)29-20(18)24-15/h2,4,7H,3,5-6,8-10H2,1H3,(H,21,22,25)(H,23,24,27). The van der Waals surface area contributed by atoms with E-state index in [9.17, 15) is 14.4 Å². The van der Waals surface area contributed by atoms with Gasteiger partial charge in [0, 0.05) is 17.7 Å². The number of amides is 1. The quantitative estimate of drug-likeness (QED) is 0.600. The van der Waals surface area contributed by atoms with Crippen LogP contribution in [0.25, 0.3) is 10.2 Å². The first-order chi connectivity index (χ1) is 14.0. The zero-order chi connectivity index (χ0) is 20.4. The number of rotatable bonds is 6. The van der Waals surface area contributed by atoms with E-state index < -0.39 is 5.97 Å². The van der Waals surface area contributed by atoms with Crippen LogP contribution in [0, 0.1) is 0 Å². The van der Waals surface area contributed by atoms with Crippen molar-refractivity contribution in [3.05, 3.63) is 50.5 Å². The molecule has 8 nitrogen and oxygen atoms in total. The SMILES string of the molecule is COC(=O)Cc1cccc(NC(=O)CCc2nc3sc4c(c3c(=O)[nH]2)CCC4)n1. The van der Waals surface area contributed by atoms with Gasteiger partial charge in [-0.3, -0.25) is 14.4 Å². The number of nitrogens with zero attached hydrogens (tertiary/aromatic N) is 2. The number of pyridine rings is 1. The number of aromatic nitrogens is 3. The first-order valence-electron chi connectivity index (χ1n) is 9.39. The topological polar surface area (TPSA) is 114 Å². The molecule has 0 aromatic carbocycles. The maximum absolute atomic E-state index is 12.5. The number of methoxy groups -OCH3 is 1. The summed E-state index contributed by atoms with van der Waals surface area (Å²) in [5, 5.41) is 3.42. The summed E-state index contributed by atoms with van der Waals surface area (Å²) in [4.78, 5) is 49.7. The molecule has 1 amide bonds.